The highest BCUT2D eigenvalue weighted by atomic mass is 32.1. The summed E-state index contributed by atoms with van der Waals surface area (Å²) in [5, 5.41) is 7.24. The molecule has 2 aromatic rings. The maximum atomic E-state index is 11.8. The topological polar surface area (TPSA) is 63.3 Å². The zero-order valence-electron chi connectivity index (χ0n) is 13.7. The second-order valence-corrected chi connectivity index (χ2v) is 6.15. The van der Waals surface area contributed by atoms with Crippen LogP contribution >= 0.6 is 12.2 Å². The molecule has 1 aromatic heterocycles. The molecule has 1 aromatic carbocycles. The third kappa shape index (κ3) is 5.61. The Labute approximate surface area is 141 Å². The molecule has 0 aliphatic carbocycles. The predicted molar refractivity (Wildman–Crippen MR) is 90.5 cm³/mol. The van der Waals surface area contributed by atoms with Crippen molar-refractivity contribution < 1.29 is 9.21 Å². The van der Waals surface area contributed by atoms with Gasteiger partial charge in [0.2, 0.25) is 11.8 Å². The van der Waals surface area contributed by atoms with Gasteiger partial charge in [-0.15, -0.1) is 5.10 Å². The summed E-state index contributed by atoms with van der Waals surface area (Å²) in [4.78, 5) is 13.9. The van der Waals surface area contributed by atoms with E-state index < -0.39 is 0 Å². The third-order valence-electron chi connectivity index (χ3n) is 3.08. The number of amides is 1. The minimum Gasteiger partial charge on any atom is -0.414 e. The number of hydrogen-bond donors (Lipinski definition) is 1. The van der Waals surface area contributed by atoms with E-state index in [1.807, 2.05) is 56.1 Å². The van der Waals surface area contributed by atoms with Crippen molar-refractivity contribution in [2.24, 2.45) is 0 Å². The normalized spacial score (nSPS) is 11.2. The Morgan fingerprint density at radius 3 is 2.74 bits per heavy atom. The molecular weight excluding hydrogens is 312 g/mol. The van der Waals surface area contributed by atoms with Crippen LogP contribution in [0.25, 0.3) is 0 Å². The van der Waals surface area contributed by atoms with Crippen molar-refractivity contribution in [3.63, 3.8) is 0 Å². The highest BCUT2D eigenvalue weighted by Gasteiger charge is 2.11. The fraction of sp³-hybridized carbons (Fsp3) is 0.438. The Kier molecular flexibility index (Phi) is 6.06. The van der Waals surface area contributed by atoms with E-state index in [0.29, 0.717) is 23.8 Å². The van der Waals surface area contributed by atoms with Crippen molar-refractivity contribution in [1.82, 2.24) is 20.0 Å². The number of likely N-dealkylation sites (N-methyl/N-ethyl adjacent to an activating group) is 1. The van der Waals surface area contributed by atoms with Crippen molar-refractivity contribution in [3.05, 3.63) is 46.6 Å². The lowest BCUT2D eigenvalue weighted by Crippen LogP contribution is -2.39. The van der Waals surface area contributed by atoms with Crippen LogP contribution in [0.3, 0.4) is 0 Å². The van der Waals surface area contributed by atoms with E-state index in [2.05, 4.69) is 10.4 Å². The van der Waals surface area contributed by atoms with Crippen molar-refractivity contribution in [1.29, 1.82) is 0 Å². The number of carbonyl (C=O) groups excluding carboxylic acids is 1. The van der Waals surface area contributed by atoms with Crippen LogP contribution in [0, 0.1) is 4.84 Å². The van der Waals surface area contributed by atoms with Crippen LogP contribution in [0.15, 0.2) is 34.7 Å². The lowest BCUT2D eigenvalue weighted by molar-refractivity contribution is -0.122. The van der Waals surface area contributed by atoms with Gasteiger partial charge in [-0.3, -0.25) is 9.69 Å². The van der Waals surface area contributed by atoms with Crippen LogP contribution < -0.4 is 5.32 Å². The number of aromatic nitrogens is 2. The summed E-state index contributed by atoms with van der Waals surface area (Å²) in [6.45, 7) is 4.55. The SMILES string of the molecule is CC(C)NC(=O)CN(C)Cn1nc(Cc2ccccc2)oc1=S. The van der Waals surface area contributed by atoms with E-state index in [1.165, 1.54) is 0 Å². The molecule has 0 aliphatic rings. The van der Waals surface area contributed by atoms with E-state index in [-0.39, 0.29) is 18.5 Å². The quantitative estimate of drug-likeness (QED) is 0.787. The highest BCUT2D eigenvalue weighted by molar-refractivity contribution is 7.71. The molecule has 1 amide bonds. The van der Waals surface area contributed by atoms with Crippen LogP contribution in [0.1, 0.15) is 25.3 Å². The molecule has 0 saturated carbocycles. The molecule has 0 bridgehead atoms. The van der Waals surface area contributed by atoms with Crippen molar-refractivity contribution in [3.8, 4) is 0 Å². The average Bonchev–Trinajstić information content (AvgIpc) is 2.78. The molecule has 0 saturated heterocycles. The molecule has 124 valence electrons. The van der Waals surface area contributed by atoms with Crippen LogP contribution in [-0.2, 0) is 17.9 Å². The van der Waals surface area contributed by atoms with Gasteiger partial charge in [0, 0.05) is 6.04 Å². The second kappa shape index (κ2) is 8.03. The Hall–Kier alpha value is -1.99. The molecule has 7 heteroatoms. The van der Waals surface area contributed by atoms with Crippen LogP contribution in [-0.4, -0.2) is 40.2 Å². The van der Waals surface area contributed by atoms with Crippen LogP contribution in [0.2, 0.25) is 0 Å². The Balaban J connectivity index is 1.96. The summed E-state index contributed by atoms with van der Waals surface area (Å²) >= 11 is 5.20. The number of carbonyl (C=O) groups is 1. The number of hydrogen-bond acceptors (Lipinski definition) is 5. The van der Waals surface area contributed by atoms with Gasteiger partial charge in [-0.1, -0.05) is 30.3 Å². The first-order valence-electron chi connectivity index (χ1n) is 7.52. The summed E-state index contributed by atoms with van der Waals surface area (Å²) in [7, 11) is 1.84. The smallest absolute Gasteiger partial charge is 0.288 e. The average molecular weight is 334 g/mol. The lowest BCUT2D eigenvalue weighted by Gasteiger charge is -2.16. The fourth-order valence-electron chi connectivity index (χ4n) is 2.17. The van der Waals surface area contributed by atoms with Crippen molar-refractivity contribution in [2.45, 2.75) is 33.0 Å². The molecule has 0 fully saturated rings. The Morgan fingerprint density at radius 1 is 1.39 bits per heavy atom. The molecular formula is C16H22N4O2S. The van der Waals surface area contributed by atoms with Gasteiger partial charge in [0.25, 0.3) is 4.84 Å². The summed E-state index contributed by atoms with van der Waals surface area (Å²) < 4.78 is 7.12. The van der Waals surface area contributed by atoms with Crippen molar-refractivity contribution in [2.75, 3.05) is 13.6 Å². The van der Waals surface area contributed by atoms with Gasteiger partial charge in [-0.05, 0) is 38.7 Å². The Morgan fingerprint density at radius 2 is 2.09 bits per heavy atom. The van der Waals surface area contributed by atoms with E-state index in [4.69, 9.17) is 16.6 Å². The summed E-state index contributed by atoms with van der Waals surface area (Å²) in [5.74, 6) is 0.545. The van der Waals surface area contributed by atoms with E-state index >= 15 is 0 Å². The first-order valence-corrected chi connectivity index (χ1v) is 7.93. The molecule has 6 nitrogen and oxygen atoms in total. The van der Waals surface area contributed by atoms with Gasteiger partial charge in [-0.2, -0.15) is 0 Å². The number of benzene rings is 1. The zero-order chi connectivity index (χ0) is 16.8. The zero-order valence-corrected chi connectivity index (χ0v) is 14.5. The standard InChI is InChI=1S/C16H22N4O2S/c1-12(2)17-14(21)10-19(3)11-20-16(23)22-15(18-20)9-13-7-5-4-6-8-13/h4-8,12H,9-11H2,1-3H3,(H,17,21). The maximum absolute atomic E-state index is 11.8. The first-order chi connectivity index (χ1) is 10.9. The van der Waals surface area contributed by atoms with Gasteiger partial charge < -0.3 is 9.73 Å². The van der Waals surface area contributed by atoms with E-state index in [1.54, 1.807) is 4.68 Å². The molecule has 0 atom stereocenters. The first kappa shape index (κ1) is 17.4. The Bertz CT molecular complexity index is 694. The molecule has 0 aliphatic heterocycles. The maximum Gasteiger partial charge on any atom is 0.288 e. The number of nitrogens with one attached hydrogen (secondary N) is 1. The summed E-state index contributed by atoms with van der Waals surface area (Å²) in [6, 6.07) is 10.1. The second-order valence-electron chi connectivity index (χ2n) is 5.80. The van der Waals surface area contributed by atoms with Gasteiger partial charge in [0.15, 0.2) is 0 Å². The van der Waals surface area contributed by atoms with Gasteiger partial charge in [-0.25, -0.2) is 4.68 Å². The van der Waals surface area contributed by atoms with Crippen LogP contribution in [0.5, 0.6) is 0 Å². The number of nitrogens with zero attached hydrogens (tertiary/aromatic N) is 3. The van der Waals surface area contributed by atoms with Gasteiger partial charge >= 0.3 is 0 Å². The highest BCUT2D eigenvalue weighted by Crippen LogP contribution is 2.08. The molecule has 1 N–H and O–H groups in total. The van der Waals surface area contributed by atoms with Gasteiger partial charge in [0.1, 0.15) is 0 Å². The monoisotopic (exact) mass is 334 g/mol. The lowest BCUT2D eigenvalue weighted by atomic mass is 10.2. The van der Waals surface area contributed by atoms with Crippen LogP contribution in [0.4, 0.5) is 0 Å². The third-order valence-corrected chi connectivity index (χ3v) is 3.38. The molecule has 0 unspecified atom stereocenters. The minimum absolute atomic E-state index is 0.0259. The minimum atomic E-state index is -0.0259. The predicted octanol–water partition coefficient (Wildman–Crippen LogP) is 2.21. The molecule has 1 heterocycles. The molecule has 0 radical (unpaired) electrons. The van der Waals surface area contributed by atoms with Gasteiger partial charge in [0.05, 0.1) is 19.6 Å². The van der Waals surface area contributed by atoms with Crippen molar-refractivity contribution >= 4 is 18.1 Å². The fourth-order valence-corrected chi connectivity index (χ4v) is 2.37. The largest absolute Gasteiger partial charge is 0.414 e. The van der Waals surface area contributed by atoms with E-state index in [0.717, 1.165) is 5.56 Å². The molecule has 23 heavy (non-hydrogen) atoms. The molecule has 0 spiro atoms. The molecule has 2 rings (SSSR count). The van der Waals surface area contributed by atoms with E-state index in [9.17, 15) is 4.79 Å². The summed E-state index contributed by atoms with van der Waals surface area (Å²) in [6.07, 6.45) is 0.592. The summed E-state index contributed by atoms with van der Waals surface area (Å²) in [5.41, 5.74) is 1.11. The number of rotatable bonds is 7.